The third-order valence-corrected chi connectivity index (χ3v) is 5.84. The van der Waals surface area contributed by atoms with Crippen molar-refractivity contribution >= 4 is 9.84 Å². The van der Waals surface area contributed by atoms with Crippen molar-refractivity contribution < 1.29 is 17.9 Å². The van der Waals surface area contributed by atoms with Gasteiger partial charge < -0.3 is 14.8 Å². The second-order valence-corrected chi connectivity index (χ2v) is 8.68. The van der Waals surface area contributed by atoms with E-state index in [4.69, 9.17) is 9.47 Å². The van der Waals surface area contributed by atoms with Crippen LogP contribution in [-0.4, -0.2) is 51.1 Å². The van der Waals surface area contributed by atoms with Crippen LogP contribution in [0.1, 0.15) is 38.5 Å². The standard InChI is InChI=1S/C17H26N2O4S/c1-24(20,21)17-12-19-11-8-16(17)23-14-4-2-13(3-5-14)22-15-6-9-18-10-7-15/h8,11-15,18H,2-7,9-10H2,1H3/t13-,14-. The summed E-state index contributed by atoms with van der Waals surface area (Å²) in [5, 5.41) is 3.35. The monoisotopic (exact) mass is 354 g/mol. The van der Waals surface area contributed by atoms with Crippen LogP contribution >= 0.6 is 0 Å². The zero-order valence-corrected chi connectivity index (χ0v) is 14.9. The zero-order chi connectivity index (χ0) is 17.0. The minimum atomic E-state index is -3.33. The minimum absolute atomic E-state index is 0.0424. The van der Waals surface area contributed by atoms with Crippen molar-refractivity contribution in [3.8, 4) is 5.75 Å². The number of ether oxygens (including phenoxy) is 2. The van der Waals surface area contributed by atoms with Crippen LogP contribution in [0.3, 0.4) is 0 Å². The van der Waals surface area contributed by atoms with Gasteiger partial charge in [-0.2, -0.15) is 0 Å². The summed E-state index contributed by atoms with van der Waals surface area (Å²) in [6, 6.07) is 1.63. The van der Waals surface area contributed by atoms with Crippen molar-refractivity contribution in [2.45, 2.75) is 61.7 Å². The highest BCUT2D eigenvalue weighted by Crippen LogP contribution is 2.30. The fourth-order valence-electron chi connectivity index (χ4n) is 3.41. The van der Waals surface area contributed by atoms with Crippen LogP contribution in [0.2, 0.25) is 0 Å². The maximum absolute atomic E-state index is 11.8. The lowest BCUT2D eigenvalue weighted by atomic mass is 9.94. The Balaban J connectivity index is 1.52. The number of nitrogens with zero attached hydrogens (tertiary/aromatic N) is 1. The molecular weight excluding hydrogens is 328 g/mol. The summed E-state index contributed by atoms with van der Waals surface area (Å²) in [6.45, 7) is 2.08. The molecule has 0 unspecified atom stereocenters. The van der Waals surface area contributed by atoms with Crippen LogP contribution in [0.5, 0.6) is 5.75 Å². The van der Waals surface area contributed by atoms with Crippen LogP contribution in [0.15, 0.2) is 23.4 Å². The van der Waals surface area contributed by atoms with E-state index in [0.29, 0.717) is 18.0 Å². The SMILES string of the molecule is CS(=O)(=O)c1cnccc1O[C@H]1CC[C@H](OC2CCNCC2)CC1. The molecule has 1 aliphatic heterocycles. The number of aromatic nitrogens is 1. The lowest BCUT2D eigenvalue weighted by Gasteiger charge is -2.33. The molecule has 24 heavy (non-hydrogen) atoms. The summed E-state index contributed by atoms with van der Waals surface area (Å²) in [7, 11) is -3.33. The van der Waals surface area contributed by atoms with Gasteiger partial charge in [-0.25, -0.2) is 8.42 Å². The molecule has 1 aromatic heterocycles. The lowest BCUT2D eigenvalue weighted by Crippen LogP contribution is -2.37. The molecule has 2 fully saturated rings. The number of sulfone groups is 1. The van der Waals surface area contributed by atoms with Crippen molar-refractivity contribution in [3.63, 3.8) is 0 Å². The molecule has 7 heteroatoms. The van der Waals surface area contributed by atoms with Crippen molar-refractivity contribution in [1.29, 1.82) is 0 Å². The highest BCUT2D eigenvalue weighted by Gasteiger charge is 2.27. The Bertz CT molecular complexity index is 636. The largest absolute Gasteiger partial charge is 0.489 e. The second-order valence-electron chi connectivity index (χ2n) is 6.70. The molecule has 1 aromatic rings. The van der Waals surface area contributed by atoms with E-state index in [0.717, 1.165) is 51.6 Å². The summed E-state index contributed by atoms with van der Waals surface area (Å²) in [5.41, 5.74) is 0. The molecule has 0 bridgehead atoms. The number of rotatable bonds is 5. The van der Waals surface area contributed by atoms with Gasteiger partial charge in [0, 0.05) is 18.6 Å². The topological polar surface area (TPSA) is 77.5 Å². The van der Waals surface area contributed by atoms with Gasteiger partial charge in [0.25, 0.3) is 0 Å². The van der Waals surface area contributed by atoms with Crippen LogP contribution in [-0.2, 0) is 14.6 Å². The molecule has 2 heterocycles. The van der Waals surface area contributed by atoms with Gasteiger partial charge in [-0.1, -0.05) is 0 Å². The quantitative estimate of drug-likeness (QED) is 0.871. The van der Waals surface area contributed by atoms with Crippen LogP contribution in [0.25, 0.3) is 0 Å². The first-order valence-corrected chi connectivity index (χ1v) is 10.6. The van der Waals surface area contributed by atoms with E-state index < -0.39 is 9.84 Å². The number of hydrogen-bond acceptors (Lipinski definition) is 6. The predicted molar refractivity (Wildman–Crippen MR) is 91.0 cm³/mol. The smallest absolute Gasteiger partial charge is 0.180 e. The first kappa shape index (κ1) is 17.6. The van der Waals surface area contributed by atoms with Crippen molar-refractivity contribution in [2.24, 2.45) is 0 Å². The third-order valence-electron chi connectivity index (χ3n) is 4.73. The Morgan fingerprint density at radius 3 is 2.33 bits per heavy atom. The molecule has 1 N–H and O–H groups in total. The Hall–Kier alpha value is -1.18. The fourth-order valence-corrected chi connectivity index (χ4v) is 4.15. The Morgan fingerprint density at radius 2 is 1.67 bits per heavy atom. The molecule has 0 radical (unpaired) electrons. The van der Waals surface area contributed by atoms with Gasteiger partial charge in [0.15, 0.2) is 9.84 Å². The normalized spacial score (nSPS) is 26.2. The Labute approximate surface area is 143 Å². The molecule has 3 rings (SSSR count). The van der Waals surface area contributed by atoms with Gasteiger partial charge in [0.05, 0.1) is 18.3 Å². The molecule has 134 valence electrons. The number of pyridine rings is 1. The summed E-state index contributed by atoms with van der Waals surface area (Å²) in [6.07, 6.45) is 10.7. The van der Waals surface area contributed by atoms with E-state index in [9.17, 15) is 8.42 Å². The van der Waals surface area contributed by atoms with Crippen LogP contribution < -0.4 is 10.1 Å². The number of piperidine rings is 1. The minimum Gasteiger partial charge on any atom is -0.489 e. The van der Waals surface area contributed by atoms with Gasteiger partial charge in [-0.15, -0.1) is 0 Å². The maximum Gasteiger partial charge on any atom is 0.180 e. The summed E-state index contributed by atoms with van der Waals surface area (Å²) in [5.74, 6) is 0.412. The number of hydrogen-bond donors (Lipinski definition) is 1. The molecule has 0 spiro atoms. The molecule has 6 nitrogen and oxygen atoms in total. The van der Waals surface area contributed by atoms with Gasteiger partial charge >= 0.3 is 0 Å². The average molecular weight is 354 g/mol. The van der Waals surface area contributed by atoms with Gasteiger partial charge in [-0.3, -0.25) is 4.98 Å². The molecule has 2 aliphatic rings. The first-order valence-electron chi connectivity index (χ1n) is 8.69. The molecule has 0 atom stereocenters. The van der Waals surface area contributed by atoms with Crippen molar-refractivity contribution in [3.05, 3.63) is 18.5 Å². The van der Waals surface area contributed by atoms with E-state index >= 15 is 0 Å². The van der Waals surface area contributed by atoms with Crippen molar-refractivity contribution in [2.75, 3.05) is 19.3 Å². The van der Waals surface area contributed by atoms with E-state index in [1.807, 2.05) is 0 Å². The molecule has 1 saturated heterocycles. The zero-order valence-electron chi connectivity index (χ0n) is 14.1. The summed E-state index contributed by atoms with van der Waals surface area (Å²) >= 11 is 0. The first-order chi connectivity index (χ1) is 11.5. The van der Waals surface area contributed by atoms with Crippen molar-refractivity contribution in [1.82, 2.24) is 10.3 Å². The van der Waals surface area contributed by atoms with E-state index in [1.165, 1.54) is 12.5 Å². The average Bonchev–Trinajstić information content (AvgIpc) is 2.57. The molecule has 1 saturated carbocycles. The summed E-state index contributed by atoms with van der Waals surface area (Å²) in [4.78, 5) is 4.06. The predicted octanol–water partition coefficient (Wildman–Crippen LogP) is 1.94. The fraction of sp³-hybridized carbons (Fsp3) is 0.706. The molecule has 0 aromatic carbocycles. The van der Waals surface area contributed by atoms with Gasteiger partial charge in [-0.05, 0) is 57.7 Å². The van der Waals surface area contributed by atoms with Crippen LogP contribution in [0.4, 0.5) is 0 Å². The maximum atomic E-state index is 11.8. The highest BCUT2D eigenvalue weighted by atomic mass is 32.2. The molecular formula is C17H26N2O4S. The third kappa shape index (κ3) is 4.68. The highest BCUT2D eigenvalue weighted by molar-refractivity contribution is 7.90. The molecule has 0 amide bonds. The number of nitrogens with one attached hydrogen (secondary N) is 1. The van der Waals surface area contributed by atoms with Gasteiger partial charge in [0.2, 0.25) is 0 Å². The van der Waals surface area contributed by atoms with E-state index in [2.05, 4.69) is 10.3 Å². The Morgan fingerprint density at radius 1 is 1.04 bits per heavy atom. The van der Waals surface area contributed by atoms with Gasteiger partial charge in [0.1, 0.15) is 10.6 Å². The summed E-state index contributed by atoms with van der Waals surface area (Å²) < 4.78 is 35.8. The second kappa shape index (κ2) is 7.80. The Kier molecular flexibility index (Phi) is 5.73. The van der Waals surface area contributed by atoms with E-state index in [1.54, 1.807) is 12.3 Å². The lowest BCUT2D eigenvalue weighted by molar-refractivity contribution is -0.0550. The molecule has 1 aliphatic carbocycles. The van der Waals surface area contributed by atoms with Crippen LogP contribution in [0, 0.1) is 0 Å². The van der Waals surface area contributed by atoms with E-state index in [-0.39, 0.29) is 11.0 Å².